The molecule has 19 heavy (non-hydrogen) atoms. The zero-order chi connectivity index (χ0) is 13.2. The van der Waals surface area contributed by atoms with E-state index in [1.165, 1.54) is 5.56 Å². The second-order valence-electron chi connectivity index (χ2n) is 4.71. The zero-order valence-electron chi connectivity index (χ0n) is 10.3. The van der Waals surface area contributed by atoms with Gasteiger partial charge >= 0.3 is 5.97 Å². The fourth-order valence-corrected chi connectivity index (χ4v) is 2.51. The molecule has 98 valence electrons. The van der Waals surface area contributed by atoms with Crippen molar-refractivity contribution in [3.05, 3.63) is 53.4 Å². The van der Waals surface area contributed by atoms with E-state index >= 15 is 0 Å². The Morgan fingerprint density at radius 2 is 2.16 bits per heavy atom. The average Bonchev–Trinajstić information content (AvgIpc) is 2.90. The maximum absolute atomic E-state index is 11.4. The van der Waals surface area contributed by atoms with E-state index in [2.05, 4.69) is 5.16 Å². The molecule has 0 spiro atoms. The lowest BCUT2D eigenvalue weighted by atomic mass is 9.94. The largest absolute Gasteiger partial charge is 0.480 e. The summed E-state index contributed by atoms with van der Waals surface area (Å²) >= 11 is 0. The second-order valence-corrected chi connectivity index (χ2v) is 4.71. The van der Waals surface area contributed by atoms with E-state index in [1.54, 1.807) is 12.3 Å². The van der Waals surface area contributed by atoms with Crippen molar-refractivity contribution < 1.29 is 14.4 Å². The number of rotatable bonds is 3. The van der Waals surface area contributed by atoms with Crippen LogP contribution in [0.2, 0.25) is 0 Å². The zero-order valence-corrected chi connectivity index (χ0v) is 10.3. The van der Waals surface area contributed by atoms with Crippen molar-refractivity contribution in [3.8, 4) is 0 Å². The number of hydrogen-bond acceptors (Lipinski definition) is 4. The van der Waals surface area contributed by atoms with Crippen molar-refractivity contribution in [2.45, 2.75) is 25.6 Å². The van der Waals surface area contributed by atoms with Gasteiger partial charge in [-0.15, -0.1) is 0 Å². The molecular formula is C14H14N2O3. The smallest absolute Gasteiger partial charge is 0.321 e. The van der Waals surface area contributed by atoms with Crippen molar-refractivity contribution in [2.75, 3.05) is 0 Å². The minimum Gasteiger partial charge on any atom is -0.480 e. The van der Waals surface area contributed by atoms with Crippen molar-refractivity contribution in [1.29, 1.82) is 0 Å². The molecule has 1 N–H and O–H groups in total. The molecular weight excluding hydrogens is 244 g/mol. The van der Waals surface area contributed by atoms with Gasteiger partial charge in [0.15, 0.2) is 5.76 Å². The molecule has 0 radical (unpaired) electrons. The molecule has 5 nitrogen and oxygen atoms in total. The van der Waals surface area contributed by atoms with Gasteiger partial charge in [0.1, 0.15) is 6.04 Å². The van der Waals surface area contributed by atoms with Gasteiger partial charge < -0.3 is 9.63 Å². The summed E-state index contributed by atoms with van der Waals surface area (Å²) in [6.07, 6.45) is 2.10. The molecule has 1 aliphatic rings. The lowest BCUT2D eigenvalue weighted by Gasteiger charge is -2.33. The Kier molecular flexibility index (Phi) is 3.05. The van der Waals surface area contributed by atoms with E-state index in [4.69, 9.17) is 4.52 Å². The summed E-state index contributed by atoms with van der Waals surface area (Å²) in [4.78, 5) is 13.3. The summed E-state index contributed by atoms with van der Waals surface area (Å²) in [5, 5.41) is 13.0. The van der Waals surface area contributed by atoms with Gasteiger partial charge in [0, 0.05) is 12.6 Å². The van der Waals surface area contributed by atoms with Crippen LogP contribution in [0, 0.1) is 0 Å². The number of carboxylic acid groups (broad SMARTS) is 1. The Bertz CT molecular complexity index is 580. The van der Waals surface area contributed by atoms with Crippen molar-refractivity contribution in [1.82, 2.24) is 10.1 Å². The highest BCUT2D eigenvalue weighted by atomic mass is 16.5. The first-order chi connectivity index (χ1) is 9.24. The normalized spacial score (nSPS) is 19.1. The third kappa shape index (κ3) is 2.37. The molecule has 1 aromatic carbocycles. The van der Waals surface area contributed by atoms with Crippen LogP contribution in [-0.2, 0) is 24.3 Å². The molecule has 0 aliphatic carbocycles. The Morgan fingerprint density at radius 3 is 2.84 bits per heavy atom. The Labute approximate surface area is 110 Å². The Morgan fingerprint density at radius 1 is 1.37 bits per heavy atom. The lowest BCUT2D eigenvalue weighted by molar-refractivity contribution is -0.144. The Balaban J connectivity index is 1.87. The number of benzene rings is 1. The predicted molar refractivity (Wildman–Crippen MR) is 67.3 cm³/mol. The number of carboxylic acids is 1. The van der Waals surface area contributed by atoms with Gasteiger partial charge in [-0.3, -0.25) is 9.69 Å². The molecule has 1 aliphatic heterocycles. The number of aliphatic carboxylic acids is 1. The van der Waals surface area contributed by atoms with Gasteiger partial charge in [-0.05, 0) is 17.5 Å². The van der Waals surface area contributed by atoms with Crippen molar-refractivity contribution >= 4 is 5.97 Å². The quantitative estimate of drug-likeness (QED) is 0.907. The van der Waals surface area contributed by atoms with E-state index in [9.17, 15) is 9.90 Å². The lowest BCUT2D eigenvalue weighted by Crippen LogP contribution is -2.44. The molecule has 2 aromatic rings. The highest BCUT2D eigenvalue weighted by Gasteiger charge is 2.31. The highest BCUT2D eigenvalue weighted by molar-refractivity contribution is 5.74. The van der Waals surface area contributed by atoms with Crippen LogP contribution in [-0.4, -0.2) is 27.2 Å². The summed E-state index contributed by atoms with van der Waals surface area (Å²) in [7, 11) is 0. The van der Waals surface area contributed by atoms with E-state index in [1.807, 2.05) is 29.2 Å². The minimum atomic E-state index is -0.797. The topological polar surface area (TPSA) is 66.6 Å². The molecule has 0 bridgehead atoms. The maximum atomic E-state index is 11.4. The van der Waals surface area contributed by atoms with Crippen LogP contribution >= 0.6 is 0 Å². The summed E-state index contributed by atoms with van der Waals surface area (Å²) < 4.78 is 5.07. The van der Waals surface area contributed by atoms with Gasteiger partial charge in [-0.25, -0.2) is 0 Å². The van der Waals surface area contributed by atoms with Gasteiger partial charge in [0.05, 0.1) is 12.7 Å². The van der Waals surface area contributed by atoms with Crippen LogP contribution in [0.3, 0.4) is 0 Å². The first kappa shape index (κ1) is 11.9. The van der Waals surface area contributed by atoms with Crippen molar-refractivity contribution in [2.24, 2.45) is 0 Å². The molecule has 3 rings (SSSR count). The van der Waals surface area contributed by atoms with Gasteiger partial charge in [-0.1, -0.05) is 29.4 Å². The van der Waals surface area contributed by atoms with Crippen LogP contribution in [0.5, 0.6) is 0 Å². The van der Waals surface area contributed by atoms with Gasteiger partial charge in [0.2, 0.25) is 0 Å². The SMILES string of the molecule is O=C(O)C1Cc2ccccc2CN1Cc1ccno1. The number of aromatic nitrogens is 1. The molecule has 0 saturated heterocycles. The van der Waals surface area contributed by atoms with E-state index in [-0.39, 0.29) is 0 Å². The predicted octanol–water partition coefficient (Wildman–Crippen LogP) is 1.69. The fraction of sp³-hybridized carbons (Fsp3) is 0.286. The van der Waals surface area contributed by atoms with Crippen LogP contribution < -0.4 is 0 Å². The molecule has 0 fully saturated rings. The number of hydrogen-bond donors (Lipinski definition) is 1. The molecule has 0 saturated carbocycles. The summed E-state index contributed by atoms with van der Waals surface area (Å²) in [6.45, 7) is 1.08. The third-order valence-electron chi connectivity index (χ3n) is 3.48. The highest BCUT2D eigenvalue weighted by Crippen LogP contribution is 2.24. The summed E-state index contributed by atoms with van der Waals surface area (Å²) in [5.41, 5.74) is 2.29. The molecule has 1 aromatic heterocycles. The summed E-state index contributed by atoms with van der Waals surface area (Å²) in [6, 6.07) is 9.22. The monoisotopic (exact) mass is 258 g/mol. The van der Waals surface area contributed by atoms with E-state index in [0.717, 1.165) is 5.56 Å². The standard InChI is InChI=1S/C14H14N2O3/c17-14(18)13-7-10-3-1-2-4-11(10)8-16(13)9-12-5-6-15-19-12/h1-6,13H,7-9H2,(H,17,18). The molecule has 2 heterocycles. The van der Waals surface area contributed by atoms with Crippen LogP contribution in [0.15, 0.2) is 41.1 Å². The minimum absolute atomic E-state index is 0.464. The number of nitrogens with zero attached hydrogens (tertiary/aromatic N) is 2. The average molecular weight is 258 g/mol. The number of fused-ring (bicyclic) bond motifs is 1. The van der Waals surface area contributed by atoms with Crippen molar-refractivity contribution in [3.63, 3.8) is 0 Å². The Hall–Kier alpha value is -2.14. The molecule has 5 heteroatoms. The number of carbonyl (C=O) groups is 1. The van der Waals surface area contributed by atoms with Crippen LogP contribution in [0.4, 0.5) is 0 Å². The fourth-order valence-electron chi connectivity index (χ4n) is 2.51. The third-order valence-corrected chi connectivity index (χ3v) is 3.48. The molecule has 0 amide bonds. The maximum Gasteiger partial charge on any atom is 0.321 e. The van der Waals surface area contributed by atoms with E-state index in [0.29, 0.717) is 25.3 Å². The van der Waals surface area contributed by atoms with Gasteiger partial charge in [-0.2, -0.15) is 0 Å². The first-order valence-electron chi connectivity index (χ1n) is 6.17. The van der Waals surface area contributed by atoms with Gasteiger partial charge in [0.25, 0.3) is 0 Å². The molecule has 1 atom stereocenters. The summed E-state index contributed by atoms with van der Waals surface area (Å²) in [5.74, 6) is -0.111. The van der Waals surface area contributed by atoms with E-state index < -0.39 is 12.0 Å². The van der Waals surface area contributed by atoms with Crippen LogP contribution in [0.25, 0.3) is 0 Å². The molecule has 1 unspecified atom stereocenters. The second kappa shape index (κ2) is 4.85. The first-order valence-corrected chi connectivity index (χ1v) is 6.17. The van der Waals surface area contributed by atoms with Crippen LogP contribution in [0.1, 0.15) is 16.9 Å².